The van der Waals surface area contributed by atoms with Gasteiger partial charge in [0.1, 0.15) is 18.3 Å². The molecule has 21 heavy (non-hydrogen) atoms. The number of hydrogen-bond donors (Lipinski definition) is 3. The molecule has 0 saturated carbocycles. The average Bonchev–Trinajstić information content (AvgIpc) is 2.52. The van der Waals surface area contributed by atoms with Gasteiger partial charge in [-0.3, -0.25) is 0 Å². The zero-order valence-electron chi connectivity index (χ0n) is 11.5. The summed E-state index contributed by atoms with van der Waals surface area (Å²) < 4.78 is 21.3. The number of rotatable bonds is 2. The maximum Gasteiger partial charge on any atom is 0.227 e. The number of benzene rings is 1. The van der Waals surface area contributed by atoms with E-state index in [1.807, 2.05) is 18.2 Å². The van der Waals surface area contributed by atoms with Gasteiger partial charge in [0.2, 0.25) is 5.79 Å². The van der Waals surface area contributed by atoms with Crippen LogP contribution in [0.4, 0.5) is 0 Å². The van der Waals surface area contributed by atoms with Gasteiger partial charge >= 0.3 is 0 Å². The predicted molar refractivity (Wildman–Crippen MR) is 68.9 cm³/mol. The highest BCUT2D eigenvalue weighted by molar-refractivity contribution is 5.17. The van der Waals surface area contributed by atoms with Crippen molar-refractivity contribution in [3.8, 4) is 0 Å². The highest BCUT2D eigenvalue weighted by Crippen LogP contribution is 2.39. The third-order valence-electron chi connectivity index (χ3n) is 3.78. The third-order valence-corrected chi connectivity index (χ3v) is 3.78. The normalized spacial score (nSPS) is 43.3. The molecule has 2 aliphatic heterocycles. The van der Waals surface area contributed by atoms with Crippen LogP contribution in [0.25, 0.3) is 0 Å². The number of aliphatic hydroxyl groups excluding tert-OH is 2. The first-order valence-corrected chi connectivity index (χ1v) is 6.67. The first-order valence-electron chi connectivity index (χ1n) is 6.67. The monoisotopic (exact) mass is 298 g/mol. The topological polar surface area (TPSA) is 97.6 Å². The molecule has 0 spiro atoms. The minimum absolute atomic E-state index is 0.000297. The molecule has 0 amide bonds. The minimum atomic E-state index is -2.06. The van der Waals surface area contributed by atoms with Crippen LogP contribution in [-0.4, -0.2) is 59.4 Å². The molecule has 1 aromatic rings. The van der Waals surface area contributed by atoms with Crippen LogP contribution in [0.3, 0.4) is 0 Å². The molecule has 2 saturated heterocycles. The summed E-state index contributed by atoms with van der Waals surface area (Å²) in [7, 11) is 1.34. The largest absolute Gasteiger partial charge is 0.385 e. The molecule has 0 bridgehead atoms. The molecule has 2 fully saturated rings. The van der Waals surface area contributed by atoms with Gasteiger partial charge in [-0.2, -0.15) is 0 Å². The summed E-state index contributed by atoms with van der Waals surface area (Å²) in [6.07, 6.45) is -5.86. The standard InChI is InChI=1S/C14H18O7/c1-18-13-10(15)11(16)14(17)9(20-13)7-19-12(21-14)8-5-3-2-4-6-8/h2-6,9-13,15-17H,7H2,1H3/t9-,10-,11-,12-,13+,14-/m0/s1. The van der Waals surface area contributed by atoms with Crippen LogP contribution < -0.4 is 0 Å². The lowest BCUT2D eigenvalue weighted by atomic mass is 9.94. The fraction of sp³-hybridized carbons (Fsp3) is 0.571. The van der Waals surface area contributed by atoms with Crippen molar-refractivity contribution >= 4 is 0 Å². The molecule has 7 heteroatoms. The number of aliphatic hydroxyl groups is 3. The summed E-state index contributed by atoms with van der Waals surface area (Å²) in [4.78, 5) is 0. The summed E-state index contributed by atoms with van der Waals surface area (Å²) in [6, 6.07) is 9.01. The van der Waals surface area contributed by atoms with Gasteiger partial charge in [0, 0.05) is 12.7 Å². The molecule has 2 heterocycles. The lowest BCUT2D eigenvalue weighted by Crippen LogP contribution is -2.70. The van der Waals surface area contributed by atoms with E-state index in [0.29, 0.717) is 5.56 Å². The van der Waals surface area contributed by atoms with Gasteiger partial charge in [-0.1, -0.05) is 30.3 Å². The van der Waals surface area contributed by atoms with Crippen LogP contribution in [0.15, 0.2) is 30.3 Å². The van der Waals surface area contributed by atoms with E-state index in [1.165, 1.54) is 7.11 Å². The van der Waals surface area contributed by atoms with E-state index < -0.39 is 36.7 Å². The maximum atomic E-state index is 10.6. The molecule has 0 radical (unpaired) electrons. The second kappa shape index (κ2) is 5.62. The van der Waals surface area contributed by atoms with E-state index in [2.05, 4.69) is 0 Å². The fourth-order valence-electron chi connectivity index (χ4n) is 2.58. The van der Waals surface area contributed by atoms with Gasteiger partial charge in [-0.15, -0.1) is 0 Å². The van der Waals surface area contributed by atoms with Gasteiger partial charge < -0.3 is 34.3 Å². The van der Waals surface area contributed by atoms with Crippen molar-refractivity contribution < 1.29 is 34.3 Å². The quantitative estimate of drug-likeness (QED) is 0.678. The molecule has 3 rings (SSSR count). The molecular weight excluding hydrogens is 280 g/mol. The summed E-state index contributed by atoms with van der Waals surface area (Å²) in [5.41, 5.74) is 0.694. The number of ether oxygens (including phenoxy) is 4. The van der Waals surface area contributed by atoms with Crippen LogP contribution in [-0.2, 0) is 18.9 Å². The Morgan fingerprint density at radius 2 is 1.95 bits per heavy atom. The van der Waals surface area contributed by atoms with Gasteiger partial charge in [-0.25, -0.2) is 0 Å². The van der Waals surface area contributed by atoms with Crippen LogP contribution >= 0.6 is 0 Å². The molecule has 0 aliphatic carbocycles. The van der Waals surface area contributed by atoms with E-state index in [4.69, 9.17) is 18.9 Å². The molecule has 7 nitrogen and oxygen atoms in total. The van der Waals surface area contributed by atoms with E-state index in [-0.39, 0.29) is 6.61 Å². The average molecular weight is 298 g/mol. The lowest BCUT2D eigenvalue weighted by molar-refractivity contribution is -0.452. The summed E-state index contributed by atoms with van der Waals surface area (Å²) in [5.74, 6) is -2.06. The molecule has 1 aromatic carbocycles. The smallest absolute Gasteiger partial charge is 0.227 e. The van der Waals surface area contributed by atoms with Crippen molar-refractivity contribution in [1.82, 2.24) is 0 Å². The van der Waals surface area contributed by atoms with Gasteiger partial charge in [0.15, 0.2) is 12.6 Å². The summed E-state index contributed by atoms with van der Waals surface area (Å²) in [6.45, 7) is -0.000297. The summed E-state index contributed by atoms with van der Waals surface area (Å²) >= 11 is 0. The Hall–Kier alpha value is -1.06. The highest BCUT2D eigenvalue weighted by Gasteiger charge is 2.59. The molecule has 116 valence electrons. The molecule has 3 N–H and O–H groups in total. The zero-order chi connectivity index (χ0) is 15.0. The molecule has 0 unspecified atom stereocenters. The SMILES string of the molecule is CO[C@@H]1O[C@H]2CO[C@H](c3ccccc3)O[C@]2(O)[C@@H](O)[C@@H]1O. The van der Waals surface area contributed by atoms with E-state index in [0.717, 1.165) is 0 Å². The van der Waals surface area contributed by atoms with Crippen molar-refractivity contribution in [1.29, 1.82) is 0 Å². The number of fused-ring (bicyclic) bond motifs is 1. The third kappa shape index (κ3) is 2.47. The van der Waals surface area contributed by atoms with Crippen molar-refractivity contribution in [3.05, 3.63) is 35.9 Å². The first-order chi connectivity index (χ1) is 10.1. The van der Waals surface area contributed by atoms with Crippen molar-refractivity contribution in [2.75, 3.05) is 13.7 Å². The lowest BCUT2D eigenvalue weighted by Gasteiger charge is -2.50. The van der Waals surface area contributed by atoms with Crippen LogP contribution in [0, 0.1) is 0 Å². The number of hydrogen-bond acceptors (Lipinski definition) is 7. The molecule has 6 atom stereocenters. The Morgan fingerprint density at radius 1 is 1.24 bits per heavy atom. The Bertz CT molecular complexity index is 477. The van der Waals surface area contributed by atoms with Crippen molar-refractivity contribution in [2.24, 2.45) is 0 Å². The van der Waals surface area contributed by atoms with Gasteiger partial charge in [0.25, 0.3) is 0 Å². The second-order valence-electron chi connectivity index (χ2n) is 5.11. The second-order valence-corrected chi connectivity index (χ2v) is 5.11. The van der Waals surface area contributed by atoms with Crippen molar-refractivity contribution in [3.63, 3.8) is 0 Å². The Labute approximate surface area is 121 Å². The summed E-state index contributed by atoms with van der Waals surface area (Å²) in [5, 5.41) is 30.7. The fourth-order valence-corrected chi connectivity index (χ4v) is 2.58. The Balaban J connectivity index is 1.83. The van der Waals surface area contributed by atoms with Crippen molar-refractivity contribution in [2.45, 2.75) is 36.7 Å². The van der Waals surface area contributed by atoms with Crippen LogP contribution in [0.1, 0.15) is 11.9 Å². The molecule has 0 aromatic heterocycles. The zero-order valence-corrected chi connectivity index (χ0v) is 11.5. The van der Waals surface area contributed by atoms with Crippen LogP contribution in [0.5, 0.6) is 0 Å². The van der Waals surface area contributed by atoms with Crippen LogP contribution in [0.2, 0.25) is 0 Å². The Kier molecular flexibility index (Phi) is 3.98. The van der Waals surface area contributed by atoms with Gasteiger partial charge in [-0.05, 0) is 0 Å². The minimum Gasteiger partial charge on any atom is -0.385 e. The predicted octanol–water partition coefficient (Wildman–Crippen LogP) is -0.486. The molecule has 2 aliphatic rings. The van der Waals surface area contributed by atoms with Gasteiger partial charge in [0.05, 0.1) is 6.61 Å². The molecular formula is C14H18O7. The van der Waals surface area contributed by atoms with E-state index in [9.17, 15) is 15.3 Å². The first kappa shape index (κ1) is 14.9. The maximum absolute atomic E-state index is 10.6. The Morgan fingerprint density at radius 3 is 2.62 bits per heavy atom. The van der Waals surface area contributed by atoms with E-state index in [1.54, 1.807) is 12.1 Å². The number of methoxy groups -OCH3 is 1. The van der Waals surface area contributed by atoms with E-state index >= 15 is 0 Å². The highest BCUT2D eigenvalue weighted by atomic mass is 16.8.